The van der Waals surface area contributed by atoms with E-state index in [-0.39, 0.29) is 6.04 Å². The number of nitrogens with one attached hydrogen (secondary N) is 1. The molecule has 0 saturated heterocycles. The lowest BCUT2D eigenvalue weighted by molar-refractivity contribution is 0.358. The van der Waals surface area contributed by atoms with Crippen LogP contribution in [0.25, 0.3) is 0 Å². The highest BCUT2D eigenvalue weighted by atomic mass is 35.5. The zero-order chi connectivity index (χ0) is 12.8. The maximum atomic E-state index is 5.98. The van der Waals surface area contributed by atoms with Crippen LogP contribution < -0.4 is 11.3 Å². The molecule has 5 heteroatoms. The van der Waals surface area contributed by atoms with Crippen molar-refractivity contribution >= 4 is 23.2 Å². The van der Waals surface area contributed by atoms with Gasteiger partial charge in [0.2, 0.25) is 0 Å². The molecule has 1 aromatic rings. The van der Waals surface area contributed by atoms with Gasteiger partial charge in [-0.25, -0.2) is 0 Å². The van der Waals surface area contributed by atoms with Crippen molar-refractivity contribution in [3.8, 4) is 0 Å². The van der Waals surface area contributed by atoms with E-state index in [0.29, 0.717) is 10.0 Å². The summed E-state index contributed by atoms with van der Waals surface area (Å²) in [6.07, 6.45) is 1.84. The molecule has 0 aliphatic rings. The molecule has 0 aliphatic carbocycles. The predicted molar refractivity (Wildman–Crippen MR) is 74.4 cm³/mol. The average Bonchev–Trinajstić information content (AvgIpc) is 2.28. The van der Waals surface area contributed by atoms with Gasteiger partial charge < -0.3 is 4.90 Å². The van der Waals surface area contributed by atoms with E-state index in [4.69, 9.17) is 29.0 Å². The highest BCUT2D eigenvalue weighted by molar-refractivity contribution is 6.42. The number of halogens is 2. The summed E-state index contributed by atoms with van der Waals surface area (Å²) in [5, 5.41) is 1.17. The maximum Gasteiger partial charge on any atom is 0.0595 e. The first-order valence-corrected chi connectivity index (χ1v) is 6.33. The molecule has 0 bridgehead atoms. The molecule has 3 N–H and O–H groups in total. The maximum absolute atomic E-state index is 5.98. The van der Waals surface area contributed by atoms with Crippen molar-refractivity contribution in [1.82, 2.24) is 10.3 Å². The fourth-order valence-electron chi connectivity index (χ4n) is 1.61. The van der Waals surface area contributed by atoms with E-state index in [1.54, 1.807) is 0 Å². The van der Waals surface area contributed by atoms with Gasteiger partial charge >= 0.3 is 0 Å². The van der Waals surface area contributed by atoms with Gasteiger partial charge in [0, 0.05) is 6.04 Å². The van der Waals surface area contributed by atoms with E-state index in [1.165, 1.54) is 0 Å². The molecule has 0 saturated carbocycles. The molecular weight excluding hydrogens is 257 g/mol. The average molecular weight is 276 g/mol. The molecule has 0 aliphatic heterocycles. The Morgan fingerprint density at radius 2 is 2.00 bits per heavy atom. The van der Waals surface area contributed by atoms with Crippen molar-refractivity contribution < 1.29 is 0 Å². The van der Waals surface area contributed by atoms with Gasteiger partial charge in [0.05, 0.1) is 10.0 Å². The molecule has 1 rings (SSSR count). The lowest BCUT2D eigenvalue weighted by atomic mass is 10.0. The van der Waals surface area contributed by atoms with Crippen LogP contribution in [0.3, 0.4) is 0 Å². The van der Waals surface area contributed by atoms with Gasteiger partial charge in [0.25, 0.3) is 0 Å². The fraction of sp³-hybridized carbons (Fsp3) is 0.500. The molecule has 96 valence electrons. The Bertz CT molecular complexity index is 356. The Labute approximate surface area is 113 Å². The second-order valence-electron chi connectivity index (χ2n) is 4.41. The standard InChI is InChI=1S/C12H19Cl2N3/c1-17(2)6-5-10(16-15)7-9-3-4-11(13)12(14)8-9/h3-4,8,10,16H,5-7,15H2,1-2H3. The Balaban J connectivity index is 2.57. The molecule has 3 nitrogen and oxygen atoms in total. The second kappa shape index (κ2) is 7.19. The summed E-state index contributed by atoms with van der Waals surface area (Å²) >= 11 is 11.9. The number of rotatable bonds is 6. The molecule has 0 amide bonds. The number of hydrogen-bond donors (Lipinski definition) is 2. The molecule has 0 heterocycles. The van der Waals surface area contributed by atoms with Gasteiger partial charge in [-0.3, -0.25) is 11.3 Å². The first-order valence-electron chi connectivity index (χ1n) is 5.57. The van der Waals surface area contributed by atoms with Crippen LogP contribution in [0.2, 0.25) is 10.0 Å². The highest BCUT2D eigenvalue weighted by Crippen LogP contribution is 2.23. The third-order valence-corrected chi connectivity index (χ3v) is 3.37. The SMILES string of the molecule is CN(C)CCC(Cc1ccc(Cl)c(Cl)c1)NN. The topological polar surface area (TPSA) is 41.3 Å². The molecular formula is C12H19Cl2N3. The third kappa shape index (κ3) is 5.23. The second-order valence-corrected chi connectivity index (χ2v) is 5.22. The van der Waals surface area contributed by atoms with Crippen LogP contribution in [0, 0.1) is 0 Å². The van der Waals surface area contributed by atoms with Gasteiger partial charge in [0.1, 0.15) is 0 Å². The Kier molecular flexibility index (Phi) is 6.23. The van der Waals surface area contributed by atoms with Crippen LogP contribution >= 0.6 is 23.2 Å². The van der Waals surface area contributed by atoms with Crippen molar-refractivity contribution in [2.24, 2.45) is 5.84 Å². The molecule has 1 atom stereocenters. The van der Waals surface area contributed by atoms with Crippen molar-refractivity contribution in [2.75, 3.05) is 20.6 Å². The minimum atomic E-state index is 0.245. The van der Waals surface area contributed by atoms with Crippen molar-refractivity contribution in [2.45, 2.75) is 18.9 Å². The fourth-order valence-corrected chi connectivity index (χ4v) is 1.93. The summed E-state index contributed by atoms with van der Waals surface area (Å²) in [6.45, 7) is 0.996. The van der Waals surface area contributed by atoms with E-state index in [9.17, 15) is 0 Å². The highest BCUT2D eigenvalue weighted by Gasteiger charge is 2.09. The minimum absolute atomic E-state index is 0.245. The van der Waals surface area contributed by atoms with Crippen molar-refractivity contribution in [1.29, 1.82) is 0 Å². The van der Waals surface area contributed by atoms with E-state index in [2.05, 4.69) is 10.3 Å². The summed E-state index contributed by atoms with van der Waals surface area (Å²) < 4.78 is 0. The van der Waals surface area contributed by atoms with Crippen LogP contribution in [0.1, 0.15) is 12.0 Å². The molecule has 1 unspecified atom stereocenters. The van der Waals surface area contributed by atoms with Gasteiger partial charge in [-0.05, 0) is 51.2 Å². The van der Waals surface area contributed by atoms with Crippen LogP contribution in [0.15, 0.2) is 18.2 Å². The van der Waals surface area contributed by atoms with Crippen LogP contribution in [0.4, 0.5) is 0 Å². The van der Waals surface area contributed by atoms with Gasteiger partial charge in [-0.15, -0.1) is 0 Å². The van der Waals surface area contributed by atoms with Gasteiger partial charge in [-0.1, -0.05) is 29.3 Å². The smallest absolute Gasteiger partial charge is 0.0595 e. The molecule has 0 fully saturated rings. The first kappa shape index (κ1) is 14.7. The summed E-state index contributed by atoms with van der Waals surface area (Å²) in [7, 11) is 4.10. The molecule has 0 radical (unpaired) electrons. The normalized spacial score (nSPS) is 13.1. The van der Waals surface area contributed by atoms with E-state index >= 15 is 0 Å². The molecule has 0 aromatic heterocycles. The zero-order valence-corrected chi connectivity index (χ0v) is 11.7. The number of benzene rings is 1. The van der Waals surface area contributed by atoms with Crippen LogP contribution in [-0.2, 0) is 6.42 Å². The summed E-state index contributed by atoms with van der Waals surface area (Å²) in [5.74, 6) is 5.55. The number of hydrogen-bond acceptors (Lipinski definition) is 3. The Morgan fingerprint density at radius 1 is 1.29 bits per heavy atom. The Morgan fingerprint density at radius 3 is 2.53 bits per heavy atom. The number of hydrazine groups is 1. The van der Waals surface area contributed by atoms with Gasteiger partial charge in [-0.2, -0.15) is 0 Å². The monoisotopic (exact) mass is 275 g/mol. The van der Waals surface area contributed by atoms with E-state index < -0.39 is 0 Å². The lowest BCUT2D eigenvalue weighted by Gasteiger charge is -2.18. The largest absolute Gasteiger partial charge is 0.309 e. The van der Waals surface area contributed by atoms with E-state index in [1.807, 2.05) is 32.3 Å². The van der Waals surface area contributed by atoms with Crippen LogP contribution in [0.5, 0.6) is 0 Å². The predicted octanol–water partition coefficient (Wildman–Crippen LogP) is 2.32. The number of nitrogens with two attached hydrogens (primary N) is 1. The Hall–Kier alpha value is -0.320. The first-order chi connectivity index (χ1) is 8.02. The number of nitrogens with zero attached hydrogens (tertiary/aromatic N) is 1. The zero-order valence-electron chi connectivity index (χ0n) is 10.2. The summed E-state index contributed by atoms with van der Waals surface area (Å²) in [6, 6.07) is 5.94. The van der Waals surface area contributed by atoms with Crippen LogP contribution in [-0.4, -0.2) is 31.6 Å². The third-order valence-electron chi connectivity index (χ3n) is 2.63. The van der Waals surface area contributed by atoms with Crippen molar-refractivity contribution in [3.05, 3.63) is 33.8 Å². The van der Waals surface area contributed by atoms with E-state index in [0.717, 1.165) is 24.9 Å². The molecule has 1 aromatic carbocycles. The molecule has 17 heavy (non-hydrogen) atoms. The quantitative estimate of drug-likeness (QED) is 0.619. The lowest BCUT2D eigenvalue weighted by Crippen LogP contribution is -2.38. The summed E-state index contributed by atoms with van der Waals surface area (Å²) in [4.78, 5) is 2.14. The summed E-state index contributed by atoms with van der Waals surface area (Å²) in [5.41, 5.74) is 3.98. The van der Waals surface area contributed by atoms with Crippen molar-refractivity contribution in [3.63, 3.8) is 0 Å². The molecule has 0 spiro atoms. The van der Waals surface area contributed by atoms with Gasteiger partial charge in [0.15, 0.2) is 0 Å². The minimum Gasteiger partial charge on any atom is -0.309 e.